The summed E-state index contributed by atoms with van der Waals surface area (Å²) in [6.07, 6.45) is 1.59. The van der Waals surface area contributed by atoms with Crippen molar-refractivity contribution in [2.45, 2.75) is 59.5 Å². The molecule has 0 aliphatic heterocycles. The molecule has 1 N–H and O–H groups in total. The number of Topliss-reactive ketones (excluding diaryl/α,β-unsaturated/α-hetero) is 1. The van der Waals surface area contributed by atoms with E-state index in [-0.39, 0.29) is 6.04 Å². The van der Waals surface area contributed by atoms with Gasteiger partial charge >= 0.3 is 0 Å². The summed E-state index contributed by atoms with van der Waals surface area (Å²) in [6.45, 7) is 10.4. The lowest BCUT2D eigenvalue weighted by atomic mass is 9.98. The van der Waals surface area contributed by atoms with Gasteiger partial charge in [-0.25, -0.2) is 0 Å². The van der Waals surface area contributed by atoms with E-state index in [4.69, 9.17) is 0 Å². The van der Waals surface area contributed by atoms with Crippen molar-refractivity contribution in [2.24, 2.45) is 5.92 Å². The van der Waals surface area contributed by atoms with Crippen LogP contribution in [0, 0.1) is 5.92 Å². The third-order valence-corrected chi connectivity index (χ3v) is 1.98. The standard InChI is InChI=1S/C11H23NO/c1-6-11(13)10(7-8(2)3)12-9(4)5/h8-10,12H,6-7H2,1-5H3/t10-/m1/s1. The molecule has 0 aromatic carbocycles. The SMILES string of the molecule is CCC(=O)[C@@H](CC(C)C)NC(C)C. The first-order valence-corrected chi connectivity index (χ1v) is 5.26. The zero-order chi connectivity index (χ0) is 10.4. The minimum Gasteiger partial charge on any atom is -0.305 e. The largest absolute Gasteiger partial charge is 0.305 e. The molecule has 13 heavy (non-hydrogen) atoms. The van der Waals surface area contributed by atoms with E-state index in [1.165, 1.54) is 0 Å². The van der Waals surface area contributed by atoms with Crippen molar-refractivity contribution in [3.63, 3.8) is 0 Å². The Morgan fingerprint density at radius 1 is 1.23 bits per heavy atom. The molecule has 0 saturated heterocycles. The number of carbonyl (C=O) groups is 1. The summed E-state index contributed by atoms with van der Waals surface area (Å²) in [5.41, 5.74) is 0. The van der Waals surface area contributed by atoms with Crippen LogP contribution in [0.4, 0.5) is 0 Å². The second-order valence-corrected chi connectivity index (χ2v) is 4.32. The first-order valence-electron chi connectivity index (χ1n) is 5.26. The van der Waals surface area contributed by atoms with E-state index in [9.17, 15) is 4.79 Å². The molecule has 0 aliphatic rings. The molecule has 0 unspecified atom stereocenters. The molecule has 0 aliphatic carbocycles. The van der Waals surface area contributed by atoms with Crippen molar-refractivity contribution < 1.29 is 4.79 Å². The summed E-state index contributed by atoms with van der Waals surface area (Å²) >= 11 is 0. The van der Waals surface area contributed by atoms with Gasteiger partial charge in [-0.3, -0.25) is 4.79 Å². The Labute approximate surface area is 82.1 Å². The molecular weight excluding hydrogens is 162 g/mol. The molecule has 0 bridgehead atoms. The Morgan fingerprint density at radius 2 is 1.77 bits per heavy atom. The van der Waals surface area contributed by atoms with E-state index in [1.807, 2.05) is 6.92 Å². The number of hydrogen-bond acceptors (Lipinski definition) is 2. The smallest absolute Gasteiger partial charge is 0.149 e. The van der Waals surface area contributed by atoms with Crippen molar-refractivity contribution in [1.82, 2.24) is 5.32 Å². The lowest BCUT2D eigenvalue weighted by Gasteiger charge is -2.21. The van der Waals surface area contributed by atoms with Crippen molar-refractivity contribution in [1.29, 1.82) is 0 Å². The molecule has 0 rings (SSSR count). The lowest BCUT2D eigenvalue weighted by Crippen LogP contribution is -2.41. The van der Waals surface area contributed by atoms with Gasteiger partial charge in [0.2, 0.25) is 0 Å². The highest BCUT2D eigenvalue weighted by Crippen LogP contribution is 2.07. The van der Waals surface area contributed by atoms with E-state index in [0.717, 1.165) is 6.42 Å². The predicted octanol–water partition coefficient (Wildman–Crippen LogP) is 2.38. The van der Waals surface area contributed by atoms with Crippen LogP contribution in [0.3, 0.4) is 0 Å². The van der Waals surface area contributed by atoms with Gasteiger partial charge in [0, 0.05) is 12.5 Å². The number of carbonyl (C=O) groups excluding carboxylic acids is 1. The van der Waals surface area contributed by atoms with Crippen LogP contribution in [0.5, 0.6) is 0 Å². The number of hydrogen-bond donors (Lipinski definition) is 1. The first-order chi connectivity index (χ1) is 5.97. The fourth-order valence-corrected chi connectivity index (χ4v) is 1.41. The molecule has 1 atom stereocenters. The van der Waals surface area contributed by atoms with Gasteiger partial charge in [-0.15, -0.1) is 0 Å². The highest BCUT2D eigenvalue weighted by atomic mass is 16.1. The fraction of sp³-hybridized carbons (Fsp3) is 0.909. The van der Waals surface area contributed by atoms with Crippen molar-refractivity contribution in [3.05, 3.63) is 0 Å². The summed E-state index contributed by atoms with van der Waals surface area (Å²) in [4.78, 5) is 11.5. The van der Waals surface area contributed by atoms with Gasteiger partial charge < -0.3 is 5.32 Å². The molecule has 0 radical (unpaired) electrons. The van der Waals surface area contributed by atoms with Crippen LogP contribution in [0.2, 0.25) is 0 Å². The van der Waals surface area contributed by atoms with Gasteiger partial charge in [-0.05, 0) is 12.3 Å². The van der Waals surface area contributed by atoms with Gasteiger partial charge in [-0.1, -0.05) is 34.6 Å². The molecule has 0 heterocycles. The van der Waals surface area contributed by atoms with Crippen LogP contribution >= 0.6 is 0 Å². The van der Waals surface area contributed by atoms with Crippen LogP contribution in [-0.4, -0.2) is 17.9 Å². The number of nitrogens with one attached hydrogen (secondary N) is 1. The third-order valence-electron chi connectivity index (χ3n) is 1.98. The highest BCUT2D eigenvalue weighted by molar-refractivity contribution is 5.83. The molecule has 0 spiro atoms. The van der Waals surface area contributed by atoms with Crippen molar-refractivity contribution >= 4 is 5.78 Å². The maximum Gasteiger partial charge on any atom is 0.149 e. The molecule has 78 valence electrons. The maximum atomic E-state index is 11.5. The minimum atomic E-state index is 0.0602. The monoisotopic (exact) mass is 185 g/mol. The topological polar surface area (TPSA) is 29.1 Å². The average Bonchev–Trinajstić information content (AvgIpc) is 2.00. The maximum absolute atomic E-state index is 11.5. The minimum absolute atomic E-state index is 0.0602. The normalized spacial score (nSPS) is 13.8. The first kappa shape index (κ1) is 12.6. The quantitative estimate of drug-likeness (QED) is 0.688. The molecule has 0 saturated carbocycles. The van der Waals surface area contributed by atoms with Crippen molar-refractivity contribution in [2.75, 3.05) is 0 Å². The molecular formula is C11H23NO. The van der Waals surface area contributed by atoms with Gasteiger partial charge in [0.05, 0.1) is 6.04 Å². The molecule has 0 amide bonds. The van der Waals surface area contributed by atoms with Gasteiger partial charge in [-0.2, -0.15) is 0 Å². The second-order valence-electron chi connectivity index (χ2n) is 4.32. The second kappa shape index (κ2) is 6.14. The molecule has 0 aromatic heterocycles. The van der Waals surface area contributed by atoms with E-state index in [0.29, 0.717) is 24.2 Å². The van der Waals surface area contributed by atoms with E-state index in [1.54, 1.807) is 0 Å². The number of ketones is 1. The van der Waals surface area contributed by atoms with Crippen LogP contribution < -0.4 is 5.32 Å². The molecule has 2 heteroatoms. The van der Waals surface area contributed by atoms with Crippen LogP contribution in [0.15, 0.2) is 0 Å². The van der Waals surface area contributed by atoms with E-state index < -0.39 is 0 Å². The van der Waals surface area contributed by atoms with E-state index >= 15 is 0 Å². The van der Waals surface area contributed by atoms with Gasteiger partial charge in [0.15, 0.2) is 0 Å². The Balaban J connectivity index is 4.10. The predicted molar refractivity (Wildman–Crippen MR) is 56.8 cm³/mol. The summed E-state index contributed by atoms with van der Waals surface area (Å²) in [5, 5.41) is 3.31. The van der Waals surface area contributed by atoms with E-state index in [2.05, 4.69) is 33.0 Å². The Kier molecular flexibility index (Phi) is 5.97. The summed E-state index contributed by atoms with van der Waals surface area (Å²) in [5.74, 6) is 0.911. The van der Waals surface area contributed by atoms with Crippen molar-refractivity contribution in [3.8, 4) is 0 Å². The zero-order valence-electron chi connectivity index (χ0n) is 9.55. The summed E-state index contributed by atoms with van der Waals surface area (Å²) in [7, 11) is 0. The Morgan fingerprint density at radius 3 is 2.08 bits per heavy atom. The Hall–Kier alpha value is -0.370. The van der Waals surface area contributed by atoms with Gasteiger partial charge in [0.1, 0.15) is 5.78 Å². The lowest BCUT2D eigenvalue weighted by molar-refractivity contribution is -0.121. The molecule has 2 nitrogen and oxygen atoms in total. The fourth-order valence-electron chi connectivity index (χ4n) is 1.41. The highest BCUT2D eigenvalue weighted by Gasteiger charge is 2.17. The third kappa shape index (κ3) is 5.81. The molecule has 0 fully saturated rings. The summed E-state index contributed by atoms with van der Waals surface area (Å²) < 4.78 is 0. The number of rotatable bonds is 6. The Bertz CT molecular complexity index is 142. The van der Waals surface area contributed by atoms with Crippen LogP contribution in [-0.2, 0) is 4.79 Å². The average molecular weight is 185 g/mol. The van der Waals surface area contributed by atoms with Crippen LogP contribution in [0.1, 0.15) is 47.5 Å². The zero-order valence-corrected chi connectivity index (χ0v) is 9.55. The van der Waals surface area contributed by atoms with Gasteiger partial charge in [0.25, 0.3) is 0 Å². The molecule has 0 aromatic rings. The van der Waals surface area contributed by atoms with Crippen LogP contribution in [0.25, 0.3) is 0 Å². The summed E-state index contributed by atoms with van der Waals surface area (Å²) in [6, 6.07) is 0.448.